The number of nitrogens with zero attached hydrogens (tertiary/aromatic N) is 2. The molecule has 1 N–H and O–H groups in total. The lowest BCUT2D eigenvalue weighted by Crippen LogP contribution is -2.32. The number of carboxylic acid groups (broad SMARTS) is 1. The van der Waals surface area contributed by atoms with E-state index < -0.39 is 17.6 Å². The minimum absolute atomic E-state index is 0.130. The quantitative estimate of drug-likeness (QED) is 0.909. The Morgan fingerprint density at radius 2 is 1.95 bits per heavy atom. The van der Waals surface area contributed by atoms with Gasteiger partial charge in [0.1, 0.15) is 17.3 Å². The van der Waals surface area contributed by atoms with E-state index in [9.17, 15) is 13.6 Å². The zero-order chi connectivity index (χ0) is 14.2. The van der Waals surface area contributed by atoms with E-state index in [1.165, 1.54) is 0 Å². The number of rotatable bonds is 3. The maximum Gasteiger partial charge on any atom is 0.335 e. The van der Waals surface area contributed by atoms with Crippen molar-refractivity contribution in [1.82, 2.24) is 4.90 Å². The fourth-order valence-electron chi connectivity index (χ4n) is 2.36. The molecule has 1 saturated heterocycles. The van der Waals surface area contributed by atoms with Crippen LogP contribution in [0.15, 0.2) is 12.1 Å². The van der Waals surface area contributed by atoms with Gasteiger partial charge in [0.15, 0.2) is 0 Å². The van der Waals surface area contributed by atoms with Crippen molar-refractivity contribution in [2.75, 3.05) is 32.1 Å². The van der Waals surface area contributed by atoms with Gasteiger partial charge in [-0.1, -0.05) is 0 Å². The summed E-state index contributed by atoms with van der Waals surface area (Å²) >= 11 is 0. The topological polar surface area (TPSA) is 43.8 Å². The first-order valence-electron chi connectivity index (χ1n) is 6.04. The average Bonchev–Trinajstić information content (AvgIpc) is 2.77. The lowest BCUT2D eigenvalue weighted by atomic mass is 10.1. The molecule has 0 aromatic heterocycles. The number of hydrogen-bond donors (Lipinski definition) is 1. The summed E-state index contributed by atoms with van der Waals surface area (Å²) in [5.41, 5.74) is -0.503. The van der Waals surface area contributed by atoms with Crippen molar-refractivity contribution in [3.05, 3.63) is 29.3 Å². The van der Waals surface area contributed by atoms with Crippen LogP contribution in [0.1, 0.15) is 16.8 Å². The standard InChI is InChI=1S/C13H16F2N2O2/c1-16(2)9-3-4-17(7-9)12-10(14)5-8(13(18)19)6-11(12)15/h5-6,9H,3-4,7H2,1-2H3,(H,18,19). The predicted octanol–water partition coefficient (Wildman–Crippen LogP) is 1.80. The molecule has 0 spiro atoms. The second-order valence-electron chi connectivity index (χ2n) is 4.95. The van der Waals surface area contributed by atoms with Crippen molar-refractivity contribution in [2.45, 2.75) is 12.5 Å². The molecular formula is C13H16F2N2O2. The van der Waals surface area contributed by atoms with Crippen molar-refractivity contribution >= 4 is 11.7 Å². The van der Waals surface area contributed by atoms with Gasteiger partial charge in [-0.3, -0.25) is 0 Å². The van der Waals surface area contributed by atoms with E-state index >= 15 is 0 Å². The van der Waals surface area contributed by atoms with Crippen LogP contribution in [0.4, 0.5) is 14.5 Å². The Bertz CT molecular complexity index is 482. The van der Waals surface area contributed by atoms with Crippen molar-refractivity contribution in [1.29, 1.82) is 0 Å². The first-order chi connectivity index (χ1) is 8.90. The van der Waals surface area contributed by atoms with Crippen molar-refractivity contribution < 1.29 is 18.7 Å². The fourth-order valence-corrected chi connectivity index (χ4v) is 2.36. The Balaban J connectivity index is 2.29. The van der Waals surface area contributed by atoms with E-state index in [0.717, 1.165) is 18.6 Å². The van der Waals surface area contributed by atoms with Crippen molar-refractivity contribution in [3.8, 4) is 0 Å². The number of benzene rings is 1. The van der Waals surface area contributed by atoms with Gasteiger partial charge in [0.25, 0.3) is 0 Å². The molecule has 1 fully saturated rings. The summed E-state index contributed by atoms with van der Waals surface area (Å²) < 4.78 is 27.8. The molecule has 0 bridgehead atoms. The number of carboxylic acids is 1. The zero-order valence-corrected chi connectivity index (χ0v) is 10.9. The summed E-state index contributed by atoms with van der Waals surface area (Å²) in [6.45, 7) is 1.09. The molecule has 19 heavy (non-hydrogen) atoms. The molecular weight excluding hydrogens is 254 g/mol. The van der Waals surface area contributed by atoms with Crippen LogP contribution in [0, 0.1) is 11.6 Å². The summed E-state index contributed by atoms with van der Waals surface area (Å²) in [6.07, 6.45) is 0.826. The van der Waals surface area contributed by atoms with Gasteiger partial charge in [0.2, 0.25) is 0 Å². The van der Waals surface area contributed by atoms with Gasteiger partial charge in [-0.15, -0.1) is 0 Å². The summed E-state index contributed by atoms with van der Waals surface area (Å²) in [7, 11) is 3.85. The normalized spacial score (nSPS) is 19.2. The maximum absolute atomic E-state index is 13.9. The molecule has 0 radical (unpaired) electrons. The number of carbonyl (C=O) groups is 1. The molecule has 0 amide bonds. The monoisotopic (exact) mass is 270 g/mol. The molecule has 1 aromatic rings. The number of halogens is 2. The molecule has 1 aliphatic heterocycles. The van der Waals surface area contributed by atoms with Crippen LogP contribution in [0.2, 0.25) is 0 Å². The first kappa shape index (κ1) is 13.7. The Kier molecular flexibility index (Phi) is 3.71. The third-order valence-electron chi connectivity index (χ3n) is 3.47. The molecule has 6 heteroatoms. The maximum atomic E-state index is 13.9. The van der Waals surface area contributed by atoms with Crippen LogP contribution >= 0.6 is 0 Å². The van der Waals surface area contributed by atoms with Gasteiger partial charge in [-0.05, 0) is 32.6 Å². The van der Waals surface area contributed by atoms with E-state index in [1.807, 2.05) is 19.0 Å². The molecule has 1 heterocycles. The highest BCUT2D eigenvalue weighted by molar-refractivity contribution is 5.88. The molecule has 2 rings (SSSR count). The smallest absolute Gasteiger partial charge is 0.335 e. The van der Waals surface area contributed by atoms with E-state index in [0.29, 0.717) is 13.1 Å². The molecule has 0 saturated carbocycles. The third kappa shape index (κ3) is 2.68. The largest absolute Gasteiger partial charge is 0.478 e. The van der Waals surface area contributed by atoms with Crippen LogP contribution in [-0.4, -0.2) is 49.2 Å². The summed E-state index contributed by atoms with van der Waals surface area (Å²) in [5.74, 6) is -2.98. The molecule has 1 unspecified atom stereocenters. The SMILES string of the molecule is CN(C)C1CCN(c2c(F)cc(C(=O)O)cc2F)C1. The summed E-state index contributed by atoms with van der Waals surface area (Å²) in [4.78, 5) is 14.4. The minimum Gasteiger partial charge on any atom is -0.478 e. The van der Waals surface area contributed by atoms with E-state index in [1.54, 1.807) is 4.90 Å². The molecule has 1 atom stereocenters. The number of likely N-dealkylation sites (N-methyl/N-ethyl adjacent to an activating group) is 1. The van der Waals surface area contributed by atoms with Gasteiger partial charge in [-0.2, -0.15) is 0 Å². The molecule has 0 aliphatic carbocycles. The summed E-state index contributed by atoms with van der Waals surface area (Å²) in [6, 6.07) is 1.98. The highest BCUT2D eigenvalue weighted by Gasteiger charge is 2.28. The third-order valence-corrected chi connectivity index (χ3v) is 3.47. The van der Waals surface area contributed by atoms with Gasteiger partial charge in [0, 0.05) is 19.1 Å². The number of hydrogen-bond acceptors (Lipinski definition) is 3. The van der Waals surface area contributed by atoms with Gasteiger partial charge >= 0.3 is 5.97 Å². The predicted molar refractivity (Wildman–Crippen MR) is 67.6 cm³/mol. The Hall–Kier alpha value is -1.69. The van der Waals surface area contributed by atoms with Crippen LogP contribution in [0.5, 0.6) is 0 Å². The van der Waals surface area contributed by atoms with Crippen LogP contribution < -0.4 is 4.90 Å². The average molecular weight is 270 g/mol. The molecule has 104 valence electrons. The Morgan fingerprint density at radius 3 is 2.37 bits per heavy atom. The Morgan fingerprint density at radius 1 is 1.37 bits per heavy atom. The van der Waals surface area contributed by atoms with E-state index in [2.05, 4.69) is 0 Å². The highest BCUT2D eigenvalue weighted by Crippen LogP contribution is 2.29. The van der Waals surface area contributed by atoms with Crippen LogP contribution in [-0.2, 0) is 0 Å². The molecule has 1 aliphatic rings. The van der Waals surface area contributed by atoms with Crippen molar-refractivity contribution in [2.24, 2.45) is 0 Å². The van der Waals surface area contributed by atoms with E-state index in [4.69, 9.17) is 5.11 Å². The van der Waals surface area contributed by atoms with Crippen molar-refractivity contribution in [3.63, 3.8) is 0 Å². The second kappa shape index (κ2) is 5.13. The van der Waals surface area contributed by atoms with Crippen LogP contribution in [0.3, 0.4) is 0 Å². The number of aromatic carboxylic acids is 1. The number of anilines is 1. The molecule has 1 aromatic carbocycles. The summed E-state index contributed by atoms with van der Waals surface area (Å²) in [5, 5.41) is 8.75. The Labute approximate surface area is 110 Å². The fraction of sp³-hybridized carbons (Fsp3) is 0.462. The second-order valence-corrected chi connectivity index (χ2v) is 4.95. The molecule has 4 nitrogen and oxygen atoms in total. The first-order valence-corrected chi connectivity index (χ1v) is 6.04. The van der Waals surface area contributed by atoms with Gasteiger partial charge < -0.3 is 14.9 Å². The minimum atomic E-state index is -1.34. The lowest BCUT2D eigenvalue weighted by molar-refractivity contribution is 0.0696. The van der Waals surface area contributed by atoms with Gasteiger partial charge in [-0.25, -0.2) is 13.6 Å². The zero-order valence-electron chi connectivity index (χ0n) is 10.9. The van der Waals surface area contributed by atoms with Crippen LogP contribution in [0.25, 0.3) is 0 Å². The van der Waals surface area contributed by atoms with E-state index in [-0.39, 0.29) is 17.3 Å². The lowest BCUT2D eigenvalue weighted by Gasteiger charge is -2.22. The highest BCUT2D eigenvalue weighted by atomic mass is 19.1. The van der Waals surface area contributed by atoms with Gasteiger partial charge in [0.05, 0.1) is 5.56 Å².